The van der Waals surface area contributed by atoms with Crippen molar-refractivity contribution in [3.05, 3.63) is 46.9 Å². The van der Waals surface area contributed by atoms with E-state index in [9.17, 15) is 4.79 Å². The van der Waals surface area contributed by atoms with Gasteiger partial charge < -0.3 is 18.9 Å². The number of aryl methyl sites for hydroxylation is 2. The fraction of sp³-hybridized carbons (Fsp3) is 0.333. The first kappa shape index (κ1) is 17.6. The van der Waals surface area contributed by atoms with Crippen LogP contribution >= 0.6 is 0 Å². The minimum atomic E-state index is -0.0762. The Morgan fingerprint density at radius 1 is 1.29 bits per heavy atom. The average Bonchev–Trinajstić information content (AvgIpc) is 2.89. The predicted molar refractivity (Wildman–Crippen MR) is 91.0 cm³/mol. The van der Waals surface area contributed by atoms with Gasteiger partial charge in [-0.15, -0.1) is 0 Å². The van der Waals surface area contributed by atoms with Crippen molar-refractivity contribution in [3.63, 3.8) is 0 Å². The normalized spacial score (nSPS) is 10.9. The number of hydrogen-bond donors (Lipinski definition) is 0. The largest absolute Gasteiger partial charge is 0.493 e. The molecule has 1 heterocycles. The van der Waals surface area contributed by atoms with Gasteiger partial charge in [0, 0.05) is 20.2 Å². The fourth-order valence-corrected chi connectivity index (χ4v) is 2.08. The topological polar surface area (TPSA) is 64.8 Å². The smallest absolute Gasteiger partial charge is 0.246 e. The Kier molecular flexibility index (Phi) is 5.63. The molecular formula is C18H22N2O4. The molecule has 2 rings (SSSR count). The molecule has 0 saturated heterocycles. The van der Waals surface area contributed by atoms with E-state index < -0.39 is 0 Å². The summed E-state index contributed by atoms with van der Waals surface area (Å²) < 4.78 is 16.3. The van der Waals surface area contributed by atoms with Crippen LogP contribution in [-0.4, -0.2) is 37.2 Å². The van der Waals surface area contributed by atoms with Crippen LogP contribution in [0.2, 0.25) is 0 Å². The monoisotopic (exact) mass is 330 g/mol. The van der Waals surface area contributed by atoms with Crippen LogP contribution in [0.1, 0.15) is 22.6 Å². The van der Waals surface area contributed by atoms with Crippen LogP contribution in [0.3, 0.4) is 0 Å². The summed E-state index contributed by atoms with van der Waals surface area (Å²) in [5, 5.41) is 3.91. The van der Waals surface area contributed by atoms with E-state index >= 15 is 0 Å². The molecule has 0 radical (unpaired) electrons. The summed E-state index contributed by atoms with van der Waals surface area (Å²) in [5.74, 6) is 1.88. The van der Waals surface area contributed by atoms with Crippen LogP contribution in [0.15, 0.2) is 28.8 Å². The van der Waals surface area contributed by atoms with E-state index in [0.717, 1.165) is 22.6 Å². The summed E-state index contributed by atoms with van der Waals surface area (Å²) >= 11 is 0. The molecule has 128 valence electrons. The first-order chi connectivity index (χ1) is 11.4. The molecule has 0 atom stereocenters. The van der Waals surface area contributed by atoms with Crippen molar-refractivity contribution in [2.75, 3.05) is 21.2 Å². The molecule has 2 aromatic rings. The van der Waals surface area contributed by atoms with Crippen LogP contribution in [0.25, 0.3) is 6.08 Å². The maximum Gasteiger partial charge on any atom is 0.246 e. The van der Waals surface area contributed by atoms with Crippen molar-refractivity contribution in [2.45, 2.75) is 20.5 Å². The van der Waals surface area contributed by atoms with Gasteiger partial charge in [0.05, 0.1) is 18.4 Å². The van der Waals surface area contributed by atoms with E-state index in [1.54, 1.807) is 27.3 Å². The molecule has 24 heavy (non-hydrogen) atoms. The lowest BCUT2D eigenvalue weighted by molar-refractivity contribution is -0.123. The Hall–Kier alpha value is -2.76. The van der Waals surface area contributed by atoms with E-state index in [2.05, 4.69) is 5.16 Å². The van der Waals surface area contributed by atoms with E-state index in [1.807, 2.05) is 32.0 Å². The summed E-state index contributed by atoms with van der Waals surface area (Å²) in [6.45, 7) is 4.08. The lowest BCUT2D eigenvalue weighted by Crippen LogP contribution is -2.18. The van der Waals surface area contributed by atoms with E-state index in [0.29, 0.717) is 18.1 Å². The van der Waals surface area contributed by atoms with Gasteiger partial charge in [-0.25, -0.2) is 0 Å². The molecule has 0 aliphatic rings. The predicted octanol–water partition coefficient (Wildman–Crippen LogP) is 2.98. The SMILES string of the molecule is COc1cc(/C=C/C(=O)N(C)C)ccc1OCc1c(C)noc1C. The number of nitrogens with zero attached hydrogens (tertiary/aromatic N) is 2. The van der Waals surface area contributed by atoms with Crippen molar-refractivity contribution >= 4 is 12.0 Å². The van der Waals surface area contributed by atoms with E-state index in [4.69, 9.17) is 14.0 Å². The second-order valence-electron chi connectivity index (χ2n) is 5.57. The van der Waals surface area contributed by atoms with Gasteiger partial charge in [-0.1, -0.05) is 11.2 Å². The molecule has 6 heteroatoms. The second kappa shape index (κ2) is 7.68. The second-order valence-corrected chi connectivity index (χ2v) is 5.57. The molecule has 0 aliphatic heterocycles. The van der Waals surface area contributed by atoms with Crippen molar-refractivity contribution in [2.24, 2.45) is 0 Å². The van der Waals surface area contributed by atoms with Crippen molar-refractivity contribution in [1.29, 1.82) is 0 Å². The molecule has 1 aromatic carbocycles. The Labute approximate surface area is 141 Å². The van der Waals surface area contributed by atoms with Crippen LogP contribution in [-0.2, 0) is 11.4 Å². The first-order valence-electron chi connectivity index (χ1n) is 7.54. The standard InChI is InChI=1S/C18H22N2O4/c1-12-15(13(2)24-19-12)11-23-16-8-6-14(10-17(16)22-5)7-9-18(21)20(3)4/h6-10H,11H2,1-5H3/b9-7+. The third-order valence-corrected chi connectivity index (χ3v) is 3.60. The minimum absolute atomic E-state index is 0.0762. The van der Waals surface area contributed by atoms with Crippen LogP contribution in [0.4, 0.5) is 0 Å². The minimum Gasteiger partial charge on any atom is -0.493 e. The zero-order valence-corrected chi connectivity index (χ0v) is 14.6. The molecule has 0 saturated carbocycles. The molecule has 1 amide bonds. The fourth-order valence-electron chi connectivity index (χ4n) is 2.08. The lowest BCUT2D eigenvalue weighted by atomic mass is 10.2. The molecule has 0 spiro atoms. The highest BCUT2D eigenvalue weighted by Crippen LogP contribution is 2.30. The average molecular weight is 330 g/mol. The number of rotatable bonds is 6. The summed E-state index contributed by atoms with van der Waals surface area (Å²) in [6, 6.07) is 5.50. The molecule has 0 fully saturated rings. The third-order valence-electron chi connectivity index (χ3n) is 3.60. The van der Waals surface area contributed by atoms with Gasteiger partial charge in [-0.05, 0) is 37.6 Å². The number of aromatic nitrogens is 1. The van der Waals surface area contributed by atoms with E-state index in [-0.39, 0.29) is 5.91 Å². The summed E-state index contributed by atoms with van der Waals surface area (Å²) in [5.41, 5.74) is 2.59. The van der Waals surface area contributed by atoms with Gasteiger partial charge in [-0.3, -0.25) is 4.79 Å². The zero-order chi connectivity index (χ0) is 17.7. The number of carbonyl (C=O) groups excluding carboxylic acids is 1. The quantitative estimate of drug-likeness (QED) is 0.762. The van der Waals surface area contributed by atoms with Crippen LogP contribution in [0.5, 0.6) is 11.5 Å². The maximum absolute atomic E-state index is 11.6. The lowest BCUT2D eigenvalue weighted by Gasteiger charge is -2.11. The van der Waals surface area contributed by atoms with Gasteiger partial charge >= 0.3 is 0 Å². The summed E-state index contributed by atoms with van der Waals surface area (Å²) in [7, 11) is 4.99. The molecule has 0 aliphatic carbocycles. The summed E-state index contributed by atoms with van der Waals surface area (Å²) in [4.78, 5) is 13.1. The maximum atomic E-state index is 11.6. The highest BCUT2D eigenvalue weighted by atomic mass is 16.5. The number of amides is 1. The number of methoxy groups -OCH3 is 1. The van der Waals surface area contributed by atoms with Crippen molar-refractivity contribution in [1.82, 2.24) is 10.1 Å². The Bertz CT molecular complexity index is 728. The van der Waals surface area contributed by atoms with Gasteiger partial charge in [-0.2, -0.15) is 0 Å². The van der Waals surface area contributed by atoms with E-state index in [1.165, 1.54) is 11.0 Å². The Morgan fingerprint density at radius 2 is 2.04 bits per heavy atom. The molecule has 0 unspecified atom stereocenters. The highest BCUT2D eigenvalue weighted by molar-refractivity contribution is 5.91. The molecular weight excluding hydrogens is 308 g/mol. The number of carbonyl (C=O) groups is 1. The van der Waals surface area contributed by atoms with Gasteiger partial charge in [0.1, 0.15) is 12.4 Å². The van der Waals surface area contributed by atoms with Crippen LogP contribution < -0.4 is 9.47 Å². The highest BCUT2D eigenvalue weighted by Gasteiger charge is 2.11. The van der Waals surface area contributed by atoms with Gasteiger partial charge in [0.2, 0.25) is 5.91 Å². The Balaban J connectivity index is 2.13. The van der Waals surface area contributed by atoms with Crippen molar-refractivity contribution < 1.29 is 18.8 Å². The molecule has 1 aromatic heterocycles. The Morgan fingerprint density at radius 3 is 2.62 bits per heavy atom. The third kappa shape index (κ3) is 4.16. The molecule has 0 N–H and O–H groups in total. The zero-order valence-electron chi connectivity index (χ0n) is 14.6. The van der Waals surface area contributed by atoms with Gasteiger partial charge in [0.25, 0.3) is 0 Å². The number of ether oxygens (including phenoxy) is 2. The number of benzene rings is 1. The first-order valence-corrected chi connectivity index (χ1v) is 7.54. The summed E-state index contributed by atoms with van der Waals surface area (Å²) in [6.07, 6.45) is 3.25. The number of likely N-dealkylation sites (N-methyl/N-ethyl adjacent to an activating group) is 1. The molecule has 6 nitrogen and oxygen atoms in total. The number of hydrogen-bond acceptors (Lipinski definition) is 5. The van der Waals surface area contributed by atoms with Crippen LogP contribution in [0, 0.1) is 13.8 Å². The van der Waals surface area contributed by atoms with Crippen molar-refractivity contribution in [3.8, 4) is 11.5 Å². The molecule has 0 bridgehead atoms. The van der Waals surface area contributed by atoms with Gasteiger partial charge in [0.15, 0.2) is 11.5 Å².